The Morgan fingerprint density at radius 2 is 1.96 bits per heavy atom. The molecule has 1 aromatic carbocycles. The Kier molecular flexibility index (Phi) is 4.11. The molecule has 5 heteroatoms. The standard InChI is InChI=1S/C18H22N4O/c1-2-4-14(5-3-1)18-12-16(23-21-18)13-22-10-7-15(8-11-22)17-6-9-19-20-17/h1-6,9,15-16H,7-8,10-13H2,(H,19,20)/t16-/m1/s1. The van der Waals surface area contributed by atoms with E-state index in [0.717, 1.165) is 31.8 Å². The molecule has 0 bridgehead atoms. The number of nitrogens with zero attached hydrogens (tertiary/aromatic N) is 3. The van der Waals surface area contributed by atoms with Gasteiger partial charge in [0, 0.05) is 30.8 Å². The van der Waals surface area contributed by atoms with E-state index in [1.165, 1.54) is 24.1 Å². The first kappa shape index (κ1) is 14.5. The van der Waals surface area contributed by atoms with Gasteiger partial charge in [-0.25, -0.2) is 0 Å². The minimum atomic E-state index is 0.189. The molecule has 0 saturated carbocycles. The molecule has 2 aromatic rings. The lowest BCUT2D eigenvalue weighted by Crippen LogP contribution is -2.38. The summed E-state index contributed by atoms with van der Waals surface area (Å²) >= 11 is 0. The SMILES string of the molecule is c1ccc(C2=NO[C@@H](CN3CCC(c4ccn[nH]4)CC3)C2)cc1. The molecule has 1 N–H and O–H groups in total. The van der Waals surface area contributed by atoms with Crippen LogP contribution in [-0.4, -0.2) is 46.5 Å². The van der Waals surface area contributed by atoms with Crippen LogP contribution in [0.1, 0.15) is 36.4 Å². The van der Waals surface area contributed by atoms with Crippen LogP contribution < -0.4 is 0 Å². The van der Waals surface area contributed by atoms with Crippen molar-refractivity contribution in [2.75, 3.05) is 19.6 Å². The monoisotopic (exact) mass is 310 g/mol. The summed E-state index contributed by atoms with van der Waals surface area (Å²) in [6, 6.07) is 12.4. The van der Waals surface area contributed by atoms with Crippen molar-refractivity contribution in [3.8, 4) is 0 Å². The molecule has 1 aromatic heterocycles. The van der Waals surface area contributed by atoms with Crippen molar-refractivity contribution in [2.24, 2.45) is 5.16 Å². The zero-order valence-corrected chi connectivity index (χ0v) is 13.2. The minimum absolute atomic E-state index is 0.189. The third-order valence-corrected chi connectivity index (χ3v) is 4.85. The first-order valence-corrected chi connectivity index (χ1v) is 8.38. The van der Waals surface area contributed by atoms with Crippen molar-refractivity contribution in [2.45, 2.75) is 31.3 Å². The van der Waals surface area contributed by atoms with Gasteiger partial charge in [0.25, 0.3) is 0 Å². The number of rotatable bonds is 4. The van der Waals surface area contributed by atoms with Gasteiger partial charge in [0.05, 0.1) is 5.71 Å². The fraction of sp³-hybridized carbons (Fsp3) is 0.444. The number of hydrogen-bond acceptors (Lipinski definition) is 4. The number of H-pyrrole nitrogens is 1. The minimum Gasteiger partial charge on any atom is -0.390 e. The lowest BCUT2D eigenvalue weighted by Gasteiger charge is -2.32. The summed E-state index contributed by atoms with van der Waals surface area (Å²) in [5.41, 5.74) is 3.52. The molecule has 0 aliphatic carbocycles. The number of likely N-dealkylation sites (tertiary alicyclic amines) is 1. The second kappa shape index (κ2) is 6.54. The lowest BCUT2D eigenvalue weighted by molar-refractivity contribution is 0.0453. The number of piperidine rings is 1. The highest BCUT2D eigenvalue weighted by Gasteiger charge is 2.27. The number of aromatic nitrogens is 2. The second-order valence-electron chi connectivity index (χ2n) is 6.42. The molecule has 2 aliphatic heterocycles. The summed E-state index contributed by atoms with van der Waals surface area (Å²) in [6.07, 6.45) is 5.30. The average Bonchev–Trinajstić information content (AvgIpc) is 3.28. The molecule has 23 heavy (non-hydrogen) atoms. The molecule has 0 radical (unpaired) electrons. The summed E-state index contributed by atoms with van der Waals surface area (Å²) in [5.74, 6) is 0.620. The van der Waals surface area contributed by atoms with Crippen LogP contribution >= 0.6 is 0 Å². The van der Waals surface area contributed by atoms with Gasteiger partial charge >= 0.3 is 0 Å². The van der Waals surface area contributed by atoms with Gasteiger partial charge in [-0.3, -0.25) is 10.00 Å². The molecule has 5 nitrogen and oxygen atoms in total. The fourth-order valence-corrected chi connectivity index (χ4v) is 3.54. The first-order chi connectivity index (χ1) is 11.4. The van der Waals surface area contributed by atoms with E-state index in [1.807, 2.05) is 24.4 Å². The predicted octanol–water partition coefficient (Wildman–Crippen LogP) is 2.78. The highest BCUT2D eigenvalue weighted by Crippen LogP contribution is 2.27. The molecule has 120 valence electrons. The largest absolute Gasteiger partial charge is 0.390 e. The zero-order valence-electron chi connectivity index (χ0n) is 13.2. The Bertz CT molecular complexity index is 645. The molecule has 1 saturated heterocycles. The molecular weight excluding hydrogens is 288 g/mol. The molecule has 0 amide bonds. The van der Waals surface area contributed by atoms with Gasteiger partial charge in [-0.15, -0.1) is 0 Å². The highest BCUT2D eigenvalue weighted by molar-refractivity contribution is 6.01. The van der Waals surface area contributed by atoms with E-state index < -0.39 is 0 Å². The first-order valence-electron chi connectivity index (χ1n) is 8.38. The Labute approximate surface area is 136 Å². The van der Waals surface area contributed by atoms with Crippen LogP contribution in [0.5, 0.6) is 0 Å². The summed E-state index contributed by atoms with van der Waals surface area (Å²) in [6.45, 7) is 3.20. The van der Waals surface area contributed by atoms with Crippen LogP contribution in [0.3, 0.4) is 0 Å². The normalized spacial score (nSPS) is 22.8. The van der Waals surface area contributed by atoms with Crippen LogP contribution in [0.4, 0.5) is 0 Å². The van der Waals surface area contributed by atoms with Gasteiger partial charge in [-0.05, 0) is 37.6 Å². The maximum absolute atomic E-state index is 5.65. The number of nitrogens with one attached hydrogen (secondary N) is 1. The van der Waals surface area contributed by atoms with Crippen molar-refractivity contribution < 1.29 is 4.84 Å². The molecular formula is C18H22N4O. The van der Waals surface area contributed by atoms with E-state index in [2.05, 4.69) is 38.5 Å². The highest BCUT2D eigenvalue weighted by atomic mass is 16.6. The zero-order chi connectivity index (χ0) is 15.5. The van der Waals surface area contributed by atoms with Gasteiger partial charge in [0.15, 0.2) is 0 Å². The van der Waals surface area contributed by atoms with Crippen LogP contribution in [0.2, 0.25) is 0 Å². The summed E-state index contributed by atoms with van der Waals surface area (Å²) in [7, 11) is 0. The van der Waals surface area contributed by atoms with Crippen LogP contribution in [-0.2, 0) is 4.84 Å². The number of hydrogen-bond donors (Lipinski definition) is 1. The smallest absolute Gasteiger partial charge is 0.145 e. The Morgan fingerprint density at radius 1 is 1.13 bits per heavy atom. The van der Waals surface area contributed by atoms with Crippen molar-refractivity contribution in [1.29, 1.82) is 0 Å². The summed E-state index contributed by atoms with van der Waals surface area (Å²) in [5, 5.41) is 11.5. The van der Waals surface area contributed by atoms with Crippen LogP contribution in [0, 0.1) is 0 Å². The van der Waals surface area contributed by atoms with Gasteiger partial charge in [-0.2, -0.15) is 5.10 Å². The quantitative estimate of drug-likeness (QED) is 0.945. The number of aromatic amines is 1. The maximum atomic E-state index is 5.65. The van der Waals surface area contributed by atoms with E-state index in [1.54, 1.807) is 0 Å². The maximum Gasteiger partial charge on any atom is 0.145 e. The van der Waals surface area contributed by atoms with Crippen LogP contribution in [0.25, 0.3) is 0 Å². The summed E-state index contributed by atoms with van der Waals surface area (Å²) in [4.78, 5) is 8.15. The molecule has 0 unspecified atom stereocenters. The average molecular weight is 310 g/mol. The van der Waals surface area contributed by atoms with Gasteiger partial charge in [-0.1, -0.05) is 35.5 Å². The van der Waals surface area contributed by atoms with Crippen molar-refractivity contribution >= 4 is 5.71 Å². The molecule has 1 atom stereocenters. The third-order valence-electron chi connectivity index (χ3n) is 4.85. The van der Waals surface area contributed by atoms with Gasteiger partial charge in [0.2, 0.25) is 0 Å². The van der Waals surface area contributed by atoms with E-state index in [0.29, 0.717) is 5.92 Å². The molecule has 2 aliphatic rings. The van der Waals surface area contributed by atoms with Crippen molar-refractivity contribution in [3.63, 3.8) is 0 Å². The van der Waals surface area contributed by atoms with Crippen molar-refractivity contribution in [3.05, 3.63) is 53.9 Å². The molecule has 3 heterocycles. The number of oxime groups is 1. The molecule has 4 rings (SSSR count). The second-order valence-corrected chi connectivity index (χ2v) is 6.42. The van der Waals surface area contributed by atoms with Gasteiger partial charge in [0.1, 0.15) is 6.10 Å². The van der Waals surface area contributed by atoms with Gasteiger partial charge < -0.3 is 4.84 Å². The van der Waals surface area contributed by atoms with E-state index in [4.69, 9.17) is 4.84 Å². The fourth-order valence-electron chi connectivity index (χ4n) is 3.54. The lowest BCUT2D eigenvalue weighted by atomic mass is 9.93. The van der Waals surface area contributed by atoms with E-state index in [-0.39, 0.29) is 6.10 Å². The van der Waals surface area contributed by atoms with Crippen molar-refractivity contribution in [1.82, 2.24) is 15.1 Å². The van der Waals surface area contributed by atoms with E-state index >= 15 is 0 Å². The molecule has 1 fully saturated rings. The predicted molar refractivity (Wildman–Crippen MR) is 89.5 cm³/mol. The third kappa shape index (κ3) is 3.29. The summed E-state index contributed by atoms with van der Waals surface area (Å²) < 4.78 is 0. The Balaban J connectivity index is 1.27. The number of benzene rings is 1. The topological polar surface area (TPSA) is 53.5 Å². The Morgan fingerprint density at radius 3 is 2.70 bits per heavy atom. The van der Waals surface area contributed by atoms with Crippen LogP contribution in [0.15, 0.2) is 47.8 Å². The Hall–Kier alpha value is -2.14. The van der Waals surface area contributed by atoms with E-state index in [9.17, 15) is 0 Å². The molecule has 0 spiro atoms.